The molecule has 6 nitrogen and oxygen atoms in total. The number of halogens is 1. The van der Waals surface area contributed by atoms with Crippen LogP contribution in [0.3, 0.4) is 0 Å². The summed E-state index contributed by atoms with van der Waals surface area (Å²) in [6.45, 7) is 0. The van der Waals surface area contributed by atoms with Gasteiger partial charge in [-0.2, -0.15) is 0 Å². The van der Waals surface area contributed by atoms with E-state index in [4.69, 9.17) is 11.6 Å². The molecule has 0 aliphatic rings. The van der Waals surface area contributed by atoms with Crippen molar-refractivity contribution >= 4 is 29.3 Å². The second kappa shape index (κ2) is 5.41. The fourth-order valence-electron chi connectivity index (χ4n) is 0.950. The topological polar surface area (TPSA) is 72.4 Å². The fourth-order valence-corrected chi connectivity index (χ4v) is 1.09. The minimum absolute atomic E-state index is 0.225. The third-order valence-electron chi connectivity index (χ3n) is 1.86. The Kier molecular flexibility index (Phi) is 4.19. The van der Waals surface area contributed by atoms with Gasteiger partial charge in [-0.1, -0.05) is 11.6 Å². The van der Waals surface area contributed by atoms with Gasteiger partial charge in [0.25, 0.3) is 0 Å². The number of hydrogen-bond acceptors (Lipinski definition) is 5. The third kappa shape index (κ3) is 3.16. The van der Waals surface area contributed by atoms with E-state index in [9.17, 15) is 9.59 Å². The second-order valence-corrected chi connectivity index (χ2v) is 3.29. The average molecular weight is 244 g/mol. The molecule has 0 saturated heterocycles. The first kappa shape index (κ1) is 12.4. The summed E-state index contributed by atoms with van der Waals surface area (Å²) in [6.07, 6.45) is 0.897. The Morgan fingerprint density at radius 2 is 2.19 bits per heavy atom. The molecule has 0 aliphatic carbocycles. The van der Waals surface area contributed by atoms with Gasteiger partial charge < -0.3 is 4.74 Å². The molecule has 86 valence electrons. The van der Waals surface area contributed by atoms with Crippen molar-refractivity contribution in [2.75, 3.05) is 19.1 Å². The van der Waals surface area contributed by atoms with E-state index >= 15 is 0 Å². The maximum atomic E-state index is 11.5. The Balaban J connectivity index is 2.74. The van der Waals surface area contributed by atoms with Gasteiger partial charge in [-0.25, -0.2) is 9.97 Å². The Morgan fingerprint density at radius 3 is 2.75 bits per heavy atom. The largest absolute Gasteiger partial charge is 0.469 e. The molecule has 0 fully saturated rings. The lowest BCUT2D eigenvalue weighted by Crippen LogP contribution is -2.29. The van der Waals surface area contributed by atoms with Crippen LogP contribution in [-0.4, -0.2) is 36.0 Å². The molecule has 0 spiro atoms. The number of hydrogen-bond donors (Lipinski definition) is 0. The molecule has 0 bridgehead atoms. The van der Waals surface area contributed by atoms with Crippen molar-refractivity contribution in [1.82, 2.24) is 9.97 Å². The lowest BCUT2D eigenvalue weighted by Gasteiger charge is -2.15. The number of carbonyl (C=O) groups excluding carboxylic acids is 2. The van der Waals surface area contributed by atoms with Gasteiger partial charge in [0.05, 0.1) is 7.11 Å². The van der Waals surface area contributed by atoms with Crippen LogP contribution in [0.1, 0.15) is 6.42 Å². The van der Waals surface area contributed by atoms with E-state index in [1.807, 2.05) is 0 Å². The number of amides is 1. The van der Waals surface area contributed by atoms with E-state index in [-0.39, 0.29) is 11.6 Å². The minimum Gasteiger partial charge on any atom is -0.469 e. The number of rotatable bonds is 3. The molecular formula is C9H10ClN3O3. The van der Waals surface area contributed by atoms with Crippen molar-refractivity contribution < 1.29 is 14.3 Å². The van der Waals surface area contributed by atoms with Crippen LogP contribution in [0.5, 0.6) is 0 Å². The van der Waals surface area contributed by atoms with Crippen molar-refractivity contribution in [3.05, 3.63) is 17.5 Å². The number of aromatic nitrogens is 2. The first-order valence-corrected chi connectivity index (χ1v) is 4.73. The van der Waals surface area contributed by atoms with E-state index < -0.39 is 11.9 Å². The van der Waals surface area contributed by atoms with Gasteiger partial charge in [0.15, 0.2) is 0 Å². The standard InChI is InChI=1S/C9H10ClN3O3/c1-13(8(14)4-9(15)16-2)7-3-6(10)11-5-12-7/h3,5H,4H2,1-2H3. The zero-order valence-electron chi connectivity index (χ0n) is 8.81. The highest BCUT2D eigenvalue weighted by Gasteiger charge is 2.16. The summed E-state index contributed by atoms with van der Waals surface area (Å²) in [4.78, 5) is 31.2. The molecule has 0 N–H and O–H groups in total. The van der Waals surface area contributed by atoms with Gasteiger partial charge in [0.1, 0.15) is 23.7 Å². The monoisotopic (exact) mass is 243 g/mol. The van der Waals surface area contributed by atoms with Gasteiger partial charge >= 0.3 is 5.97 Å². The lowest BCUT2D eigenvalue weighted by atomic mass is 10.3. The van der Waals surface area contributed by atoms with Crippen LogP contribution in [-0.2, 0) is 14.3 Å². The van der Waals surface area contributed by atoms with E-state index in [1.165, 1.54) is 31.5 Å². The molecular weight excluding hydrogens is 234 g/mol. The van der Waals surface area contributed by atoms with E-state index in [1.54, 1.807) is 0 Å². The van der Waals surface area contributed by atoms with Gasteiger partial charge in [-0.05, 0) is 0 Å². The van der Waals surface area contributed by atoms with Gasteiger partial charge in [-0.15, -0.1) is 0 Å². The summed E-state index contributed by atoms with van der Waals surface area (Å²) < 4.78 is 4.39. The predicted molar refractivity (Wildman–Crippen MR) is 57.1 cm³/mol. The molecule has 7 heteroatoms. The first-order chi connectivity index (χ1) is 7.54. The van der Waals surface area contributed by atoms with Crippen molar-refractivity contribution in [1.29, 1.82) is 0 Å². The van der Waals surface area contributed by atoms with Gasteiger partial charge in [0.2, 0.25) is 5.91 Å². The molecule has 1 aromatic rings. The lowest BCUT2D eigenvalue weighted by molar-refractivity contribution is -0.143. The Hall–Kier alpha value is -1.69. The summed E-state index contributed by atoms with van der Waals surface area (Å²) in [5.74, 6) is -0.701. The molecule has 0 aliphatic heterocycles. The van der Waals surface area contributed by atoms with Gasteiger partial charge in [0, 0.05) is 13.1 Å². The molecule has 0 radical (unpaired) electrons. The molecule has 0 saturated carbocycles. The highest BCUT2D eigenvalue weighted by molar-refractivity contribution is 6.29. The second-order valence-electron chi connectivity index (χ2n) is 2.90. The van der Waals surface area contributed by atoms with Gasteiger partial charge in [-0.3, -0.25) is 14.5 Å². The number of nitrogens with zero attached hydrogens (tertiary/aromatic N) is 3. The van der Waals surface area contributed by atoms with E-state index in [0.29, 0.717) is 5.82 Å². The molecule has 16 heavy (non-hydrogen) atoms. The molecule has 1 heterocycles. The summed E-state index contributed by atoms with van der Waals surface area (Å²) in [6, 6.07) is 1.43. The van der Waals surface area contributed by atoms with Crippen molar-refractivity contribution in [3.63, 3.8) is 0 Å². The number of methoxy groups -OCH3 is 1. The van der Waals surface area contributed by atoms with Crippen LogP contribution in [0.4, 0.5) is 5.82 Å². The van der Waals surface area contributed by atoms with Crippen molar-refractivity contribution in [3.8, 4) is 0 Å². The van der Waals surface area contributed by atoms with Crippen LogP contribution in [0.25, 0.3) is 0 Å². The highest BCUT2D eigenvalue weighted by atomic mass is 35.5. The normalized spacial score (nSPS) is 9.69. The Bertz CT molecular complexity index is 411. The third-order valence-corrected chi connectivity index (χ3v) is 2.07. The minimum atomic E-state index is -0.600. The summed E-state index contributed by atoms with van der Waals surface area (Å²) in [7, 11) is 2.71. The quantitative estimate of drug-likeness (QED) is 0.443. The number of carbonyl (C=O) groups is 2. The van der Waals surface area contributed by atoms with Crippen LogP contribution >= 0.6 is 11.6 Å². The zero-order valence-corrected chi connectivity index (χ0v) is 9.56. The molecule has 1 aromatic heterocycles. The highest BCUT2D eigenvalue weighted by Crippen LogP contribution is 2.13. The SMILES string of the molecule is COC(=O)CC(=O)N(C)c1cc(Cl)ncn1. The summed E-state index contributed by atoms with van der Waals surface area (Å²) in [5, 5.41) is 0.225. The average Bonchev–Trinajstić information content (AvgIpc) is 2.27. The van der Waals surface area contributed by atoms with Crippen LogP contribution in [0.2, 0.25) is 5.15 Å². The smallest absolute Gasteiger partial charge is 0.315 e. The van der Waals surface area contributed by atoms with Crippen LogP contribution < -0.4 is 4.90 Å². The molecule has 0 atom stereocenters. The summed E-state index contributed by atoms with van der Waals surface area (Å²) in [5.41, 5.74) is 0. The van der Waals surface area contributed by atoms with Crippen LogP contribution in [0.15, 0.2) is 12.4 Å². The number of esters is 1. The Labute approximate surface area is 97.2 Å². The first-order valence-electron chi connectivity index (χ1n) is 4.35. The van der Waals surface area contributed by atoms with Crippen molar-refractivity contribution in [2.24, 2.45) is 0 Å². The van der Waals surface area contributed by atoms with Crippen molar-refractivity contribution in [2.45, 2.75) is 6.42 Å². The molecule has 0 unspecified atom stereocenters. The van der Waals surface area contributed by atoms with E-state index in [0.717, 1.165) is 0 Å². The summed E-state index contributed by atoms with van der Waals surface area (Å²) >= 11 is 5.65. The molecule has 1 amide bonds. The molecule has 1 rings (SSSR count). The maximum Gasteiger partial charge on any atom is 0.315 e. The predicted octanol–water partition coefficient (Wildman–Crippen LogP) is 0.656. The fraction of sp³-hybridized carbons (Fsp3) is 0.333. The Morgan fingerprint density at radius 1 is 1.50 bits per heavy atom. The molecule has 0 aromatic carbocycles. The number of anilines is 1. The maximum absolute atomic E-state index is 11.5. The number of ether oxygens (including phenoxy) is 1. The van der Waals surface area contributed by atoms with E-state index in [2.05, 4.69) is 14.7 Å². The zero-order chi connectivity index (χ0) is 12.1. The van der Waals surface area contributed by atoms with Crippen LogP contribution in [0, 0.1) is 0 Å².